The minimum absolute atomic E-state index is 0.115. The van der Waals surface area contributed by atoms with E-state index in [0.29, 0.717) is 59.1 Å². The molecule has 1 aliphatic heterocycles. The summed E-state index contributed by atoms with van der Waals surface area (Å²) >= 11 is 6.20. The van der Waals surface area contributed by atoms with E-state index in [1.54, 1.807) is 25.1 Å². The van der Waals surface area contributed by atoms with Crippen LogP contribution in [0.3, 0.4) is 0 Å². The molecule has 0 radical (unpaired) electrons. The molecule has 1 fully saturated rings. The number of piperazine rings is 1. The number of para-hydroxylation sites is 1. The number of nitrogens with zero attached hydrogens (tertiary/aromatic N) is 2. The maximum Gasteiger partial charge on any atom is 0.257 e. The van der Waals surface area contributed by atoms with Crippen molar-refractivity contribution in [3.63, 3.8) is 0 Å². The predicted octanol–water partition coefficient (Wildman–Crippen LogP) is 5.69. The molecule has 4 aromatic rings. The molecule has 2 heterocycles. The number of carbonyl (C=O) groups excluding carboxylic acids is 1. The zero-order valence-corrected chi connectivity index (χ0v) is 19.9. The van der Waals surface area contributed by atoms with Gasteiger partial charge in [-0.15, -0.1) is 0 Å². The number of halogens is 1. The lowest BCUT2D eigenvalue weighted by Crippen LogP contribution is -2.49. The van der Waals surface area contributed by atoms with Crippen LogP contribution in [0.4, 0.5) is 5.69 Å². The van der Waals surface area contributed by atoms with Gasteiger partial charge in [0.25, 0.3) is 5.91 Å². The number of hydrogen-bond donors (Lipinski definition) is 0. The molecule has 5 rings (SSSR count). The van der Waals surface area contributed by atoms with Crippen LogP contribution in [-0.2, 0) is 0 Å². The number of aryl methyl sites for hydroxylation is 1. The van der Waals surface area contributed by atoms with Gasteiger partial charge in [0.15, 0.2) is 11.0 Å². The van der Waals surface area contributed by atoms with Crippen LogP contribution >= 0.6 is 11.6 Å². The van der Waals surface area contributed by atoms with E-state index in [1.807, 2.05) is 53.4 Å². The Balaban J connectivity index is 1.47. The minimum atomic E-state index is -0.126. The predicted molar refractivity (Wildman–Crippen MR) is 137 cm³/mol. The Labute approximate surface area is 203 Å². The molecule has 6 heteroatoms. The van der Waals surface area contributed by atoms with Crippen LogP contribution in [0, 0.1) is 13.8 Å². The molecule has 0 unspecified atom stereocenters. The summed E-state index contributed by atoms with van der Waals surface area (Å²) in [5.74, 6) is 0.374. The lowest BCUT2D eigenvalue weighted by atomic mass is 10.0. The van der Waals surface area contributed by atoms with E-state index in [-0.39, 0.29) is 11.3 Å². The molecule has 1 saturated heterocycles. The lowest BCUT2D eigenvalue weighted by Gasteiger charge is -2.37. The summed E-state index contributed by atoms with van der Waals surface area (Å²) in [6.45, 7) is 6.38. The van der Waals surface area contributed by atoms with Crippen LogP contribution < -0.4 is 10.3 Å². The van der Waals surface area contributed by atoms with Crippen LogP contribution in [0.1, 0.15) is 21.5 Å². The third-order valence-corrected chi connectivity index (χ3v) is 6.73. The number of hydrogen-bond acceptors (Lipinski definition) is 4. The molecule has 0 saturated carbocycles. The number of rotatable bonds is 3. The van der Waals surface area contributed by atoms with Crippen molar-refractivity contribution in [1.29, 1.82) is 0 Å². The number of anilines is 1. The summed E-state index contributed by atoms with van der Waals surface area (Å²) < 4.78 is 6.25. The second-order valence-corrected chi connectivity index (χ2v) is 9.08. The standard InChI is InChI=1S/C28H25ClN2O3/c1-18-11-12-21(29)17-24(18)30-13-15-31(16-14-30)28(33)23-10-6-9-22-25(32)19(2)26(34-27(22)23)20-7-4-3-5-8-20/h3-12,17H,13-16H2,1-2H3. The van der Waals surface area contributed by atoms with Gasteiger partial charge in [0, 0.05) is 48.0 Å². The Morgan fingerprint density at radius 3 is 2.38 bits per heavy atom. The van der Waals surface area contributed by atoms with Crippen LogP contribution in [0.2, 0.25) is 5.02 Å². The molecule has 172 valence electrons. The fourth-order valence-corrected chi connectivity index (χ4v) is 4.75. The number of amides is 1. The number of carbonyl (C=O) groups is 1. The molecule has 0 bridgehead atoms. The van der Waals surface area contributed by atoms with Crippen molar-refractivity contribution in [3.05, 3.63) is 98.7 Å². The summed E-state index contributed by atoms with van der Waals surface area (Å²) in [7, 11) is 0. The second-order valence-electron chi connectivity index (χ2n) is 8.64. The highest BCUT2D eigenvalue weighted by Crippen LogP contribution is 2.29. The van der Waals surface area contributed by atoms with Crippen LogP contribution in [0.5, 0.6) is 0 Å². The molecule has 1 aliphatic rings. The first kappa shape index (κ1) is 22.2. The highest BCUT2D eigenvalue weighted by molar-refractivity contribution is 6.30. The molecular formula is C28H25ClN2O3. The monoisotopic (exact) mass is 472 g/mol. The normalized spacial score (nSPS) is 14.0. The molecule has 0 aliphatic carbocycles. The Kier molecular flexibility index (Phi) is 5.88. The highest BCUT2D eigenvalue weighted by Gasteiger charge is 2.26. The maximum atomic E-state index is 13.5. The first-order valence-electron chi connectivity index (χ1n) is 11.4. The third kappa shape index (κ3) is 3.97. The van der Waals surface area contributed by atoms with Gasteiger partial charge in [0.05, 0.1) is 10.9 Å². The van der Waals surface area contributed by atoms with Crippen molar-refractivity contribution >= 4 is 34.2 Å². The minimum Gasteiger partial charge on any atom is -0.455 e. The Morgan fingerprint density at radius 1 is 0.912 bits per heavy atom. The molecule has 0 spiro atoms. The Morgan fingerprint density at radius 2 is 1.65 bits per heavy atom. The topological polar surface area (TPSA) is 53.8 Å². The van der Waals surface area contributed by atoms with E-state index >= 15 is 0 Å². The van der Waals surface area contributed by atoms with Crippen molar-refractivity contribution in [3.8, 4) is 11.3 Å². The van der Waals surface area contributed by atoms with Gasteiger partial charge in [-0.1, -0.05) is 54.1 Å². The molecule has 1 aromatic heterocycles. The van der Waals surface area contributed by atoms with E-state index in [0.717, 1.165) is 16.8 Å². The number of benzene rings is 3. The van der Waals surface area contributed by atoms with Crippen molar-refractivity contribution in [2.75, 3.05) is 31.1 Å². The first-order chi connectivity index (χ1) is 16.4. The van der Waals surface area contributed by atoms with E-state index in [1.165, 1.54) is 0 Å². The zero-order chi connectivity index (χ0) is 23.8. The van der Waals surface area contributed by atoms with Gasteiger partial charge < -0.3 is 14.2 Å². The number of fused-ring (bicyclic) bond motifs is 1. The summed E-state index contributed by atoms with van der Waals surface area (Å²) in [4.78, 5) is 30.8. The molecule has 1 amide bonds. The van der Waals surface area contributed by atoms with Gasteiger partial charge in [-0.3, -0.25) is 9.59 Å². The van der Waals surface area contributed by atoms with Crippen molar-refractivity contribution in [2.45, 2.75) is 13.8 Å². The Hall–Kier alpha value is -3.57. The maximum absolute atomic E-state index is 13.5. The zero-order valence-electron chi connectivity index (χ0n) is 19.2. The SMILES string of the molecule is Cc1ccc(Cl)cc1N1CCN(C(=O)c2cccc3c(=O)c(C)c(-c4ccccc4)oc23)CC1. The summed E-state index contributed by atoms with van der Waals surface area (Å²) in [6.07, 6.45) is 0. The van der Waals surface area contributed by atoms with Crippen LogP contribution in [0.25, 0.3) is 22.3 Å². The van der Waals surface area contributed by atoms with Gasteiger partial charge in [-0.25, -0.2) is 0 Å². The average molecular weight is 473 g/mol. The fourth-order valence-electron chi connectivity index (χ4n) is 4.59. The van der Waals surface area contributed by atoms with E-state index in [2.05, 4.69) is 11.8 Å². The van der Waals surface area contributed by atoms with Gasteiger partial charge in [0.1, 0.15) is 5.76 Å². The van der Waals surface area contributed by atoms with Gasteiger partial charge in [0.2, 0.25) is 0 Å². The third-order valence-electron chi connectivity index (χ3n) is 6.49. The average Bonchev–Trinajstić information content (AvgIpc) is 2.87. The van der Waals surface area contributed by atoms with Gasteiger partial charge in [-0.2, -0.15) is 0 Å². The molecule has 0 N–H and O–H groups in total. The highest BCUT2D eigenvalue weighted by atomic mass is 35.5. The molecule has 3 aromatic carbocycles. The second kappa shape index (κ2) is 8.99. The van der Waals surface area contributed by atoms with Gasteiger partial charge in [-0.05, 0) is 43.7 Å². The molecular weight excluding hydrogens is 448 g/mol. The van der Waals surface area contributed by atoms with Crippen LogP contribution in [0.15, 0.2) is 75.9 Å². The summed E-state index contributed by atoms with van der Waals surface area (Å²) in [5.41, 5.74) is 4.24. The van der Waals surface area contributed by atoms with E-state index in [9.17, 15) is 9.59 Å². The van der Waals surface area contributed by atoms with Crippen molar-refractivity contribution in [2.24, 2.45) is 0 Å². The molecule has 5 nitrogen and oxygen atoms in total. The molecule has 34 heavy (non-hydrogen) atoms. The van der Waals surface area contributed by atoms with Crippen molar-refractivity contribution < 1.29 is 9.21 Å². The lowest BCUT2D eigenvalue weighted by molar-refractivity contribution is 0.0747. The quantitative estimate of drug-likeness (QED) is 0.384. The van der Waals surface area contributed by atoms with E-state index in [4.69, 9.17) is 16.0 Å². The van der Waals surface area contributed by atoms with Crippen LogP contribution in [-0.4, -0.2) is 37.0 Å². The van der Waals surface area contributed by atoms with Crippen molar-refractivity contribution in [1.82, 2.24) is 4.90 Å². The summed E-state index contributed by atoms with van der Waals surface area (Å²) in [5, 5.41) is 1.13. The summed E-state index contributed by atoms with van der Waals surface area (Å²) in [6, 6.07) is 20.6. The fraction of sp³-hybridized carbons (Fsp3) is 0.214. The van der Waals surface area contributed by atoms with E-state index < -0.39 is 0 Å². The molecule has 0 atom stereocenters. The first-order valence-corrected chi connectivity index (χ1v) is 11.7. The smallest absolute Gasteiger partial charge is 0.257 e. The Bertz CT molecular complexity index is 1440. The largest absolute Gasteiger partial charge is 0.455 e. The van der Waals surface area contributed by atoms with Gasteiger partial charge >= 0.3 is 0 Å².